The molecule has 3 nitrogen and oxygen atoms in total. The van der Waals surface area contributed by atoms with E-state index in [-0.39, 0.29) is 10.9 Å². The molecule has 0 aliphatic heterocycles. The van der Waals surface area contributed by atoms with E-state index in [9.17, 15) is 9.59 Å². The summed E-state index contributed by atoms with van der Waals surface area (Å²) in [6, 6.07) is 6.29. The van der Waals surface area contributed by atoms with Crippen LogP contribution in [0.2, 0.25) is 0 Å². The predicted octanol–water partition coefficient (Wildman–Crippen LogP) is 4.09. The van der Waals surface area contributed by atoms with Crippen LogP contribution in [0.3, 0.4) is 0 Å². The largest absolute Gasteiger partial charge is 0.378 e. The molecule has 0 unspecified atom stereocenters. The molecular formula is C20H25NO2. The van der Waals surface area contributed by atoms with E-state index in [0.717, 1.165) is 24.0 Å². The maximum atomic E-state index is 12.1. The molecule has 122 valence electrons. The van der Waals surface area contributed by atoms with Gasteiger partial charge in [0.25, 0.3) is 0 Å². The second kappa shape index (κ2) is 6.69. The van der Waals surface area contributed by atoms with Crippen molar-refractivity contribution in [1.82, 2.24) is 0 Å². The van der Waals surface area contributed by atoms with Crippen LogP contribution in [0.1, 0.15) is 56.1 Å². The average Bonchev–Trinajstić information content (AvgIpc) is 2.51. The van der Waals surface area contributed by atoms with Crippen LogP contribution in [-0.4, -0.2) is 6.04 Å². The Bertz CT molecular complexity index is 760. The minimum absolute atomic E-state index is 0.323. The molecule has 0 heterocycles. The van der Waals surface area contributed by atoms with E-state index >= 15 is 0 Å². The Morgan fingerprint density at radius 1 is 0.870 bits per heavy atom. The van der Waals surface area contributed by atoms with Gasteiger partial charge in [-0.1, -0.05) is 50.3 Å². The number of anilines is 1. The zero-order valence-electron chi connectivity index (χ0n) is 14.1. The lowest BCUT2D eigenvalue weighted by molar-refractivity contribution is 0.471. The second-order valence-corrected chi connectivity index (χ2v) is 6.89. The summed E-state index contributed by atoms with van der Waals surface area (Å²) in [5.41, 5.74) is 3.64. The van der Waals surface area contributed by atoms with Crippen molar-refractivity contribution in [1.29, 1.82) is 0 Å². The van der Waals surface area contributed by atoms with Gasteiger partial charge in [-0.2, -0.15) is 0 Å². The van der Waals surface area contributed by atoms with Crippen LogP contribution in [0.4, 0.5) is 5.69 Å². The van der Waals surface area contributed by atoms with Crippen molar-refractivity contribution < 1.29 is 0 Å². The Hall–Kier alpha value is -1.90. The Morgan fingerprint density at radius 3 is 2.17 bits per heavy atom. The average molecular weight is 311 g/mol. The first kappa shape index (κ1) is 16.0. The first-order valence-electron chi connectivity index (χ1n) is 8.75. The zero-order chi connectivity index (χ0) is 16.4. The molecule has 1 fully saturated rings. The zero-order valence-corrected chi connectivity index (χ0v) is 14.1. The molecule has 0 bridgehead atoms. The van der Waals surface area contributed by atoms with Crippen LogP contribution in [0, 0.1) is 13.8 Å². The summed E-state index contributed by atoms with van der Waals surface area (Å²) < 4.78 is 0. The lowest BCUT2D eigenvalue weighted by atomic mass is 9.93. The summed E-state index contributed by atoms with van der Waals surface area (Å²) in [6.45, 7) is 4.08. The van der Waals surface area contributed by atoms with E-state index < -0.39 is 0 Å². The lowest BCUT2D eigenvalue weighted by Gasteiger charge is -2.24. The van der Waals surface area contributed by atoms with Gasteiger partial charge in [0.2, 0.25) is 10.9 Å². The summed E-state index contributed by atoms with van der Waals surface area (Å²) in [4.78, 5) is 24.1. The Kier molecular flexibility index (Phi) is 4.65. The van der Waals surface area contributed by atoms with Gasteiger partial charge in [0, 0.05) is 6.04 Å². The highest BCUT2D eigenvalue weighted by Gasteiger charge is 2.24. The van der Waals surface area contributed by atoms with Crippen LogP contribution < -0.4 is 16.2 Å². The van der Waals surface area contributed by atoms with Crippen LogP contribution in [0.25, 0.3) is 11.1 Å². The van der Waals surface area contributed by atoms with Gasteiger partial charge in [-0.25, -0.2) is 0 Å². The molecule has 0 amide bonds. The topological polar surface area (TPSA) is 46.2 Å². The van der Waals surface area contributed by atoms with E-state index in [2.05, 4.69) is 12.2 Å². The van der Waals surface area contributed by atoms with Crippen LogP contribution in [0.15, 0.2) is 27.8 Å². The number of aryl methyl sites for hydroxylation is 2. The van der Waals surface area contributed by atoms with Gasteiger partial charge in [0.1, 0.15) is 0 Å². The number of rotatable bonds is 3. The molecule has 2 aromatic carbocycles. The van der Waals surface area contributed by atoms with Gasteiger partial charge in [-0.15, -0.1) is 0 Å². The minimum Gasteiger partial charge on any atom is -0.378 e. The lowest BCUT2D eigenvalue weighted by Crippen LogP contribution is -2.39. The Balaban J connectivity index is 1.86. The second-order valence-electron chi connectivity index (χ2n) is 6.89. The highest BCUT2D eigenvalue weighted by atomic mass is 16.2. The van der Waals surface area contributed by atoms with Crippen molar-refractivity contribution in [3.63, 3.8) is 0 Å². The van der Waals surface area contributed by atoms with Gasteiger partial charge in [-0.05, 0) is 43.4 Å². The van der Waals surface area contributed by atoms with Gasteiger partial charge in [-0.3, -0.25) is 9.59 Å². The molecule has 0 radical (unpaired) electrons. The van der Waals surface area contributed by atoms with Gasteiger partial charge in [0.05, 0.1) is 11.3 Å². The van der Waals surface area contributed by atoms with Crippen LogP contribution in [-0.2, 0) is 0 Å². The molecule has 3 heteroatoms. The van der Waals surface area contributed by atoms with Gasteiger partial charge < -0.3 is 5.32 Å². The molecule has 0 saturated heterocycles. The Labute approximate surface area is 137 Å². The Morgan fingerprint density at radius 2 is 1.52 bits per heavy atom. The standard InChI is InChI=1S/C20H25NO2/c1-13-10-11-15(12-14(13)2)17-18(20(23)19(17)22)21-16-8-6-4-3-5-7-9-16/h10-12,16,21H,3-9H2,1-2H3. The molecule has 2 aromatic rings. The van der Waals surface area contributed by atoms with Crippen molar-refractivity contribution in [3.05, 3.63) is 49.8 Å². The quantitative estimate of drug-likeness (QED) is 0.868. The third kappa shape index (κ3) is 3.24. The molecule has 1 N–H and O–H groups in total. The molecule has 0 aromatic heterocycles. The van der Waals surface area contributed by atoms with E-state index in [1.807, 2.05) is 25.1 Å². The monoisotopic (exact) mass is 311 g/mol. The maximum Gasteiger partial charge on any atom is 0.250 e. The molecule has 3 rings (SSSR count). The first-order valence-corrected chi connectivity index (χ1v) is 8.75. The minimum atomic E-state index is -0.347. The van der Waals surface area contributed by atoms with E-state index in [4.69, 9.17) is 0 Å². The summed E-state index contributed by atoms with van der Waals surface area (Å²) >= 11 is 0. The SMILES string of the molecule is Cc1ccc(-c2c(NC3CCCCCCC3)c(=O)c2=O)cc1C. The van der Waals surface area contributed by atoms with E-state index in [1.54, 1.807) is 0 Å². The van der Waals surface area contributed by atoms with Gasteiger partial charge in [0.15, 0.2) is 0 Å². The molecule has 0 atom stereocenters. The van der Waals surface area contributed by atoms with E-state index in [1.165, 1.54) is 37.7 Å². The third-order valence-electron chi connectivity index (χ3n) is 5.16. The van der Waals surface area contributed by atoms with Crippen molar-refractivity contribution in [3.8, 4) is 11.1 Å². The predicted molar refractivity (Wildman–Crippen MR) is 96.0 cm³/mol. The first-order chi connectivity index (χ1) is 11.1. The summed E-state index contributed by atoms with van der Waals surface area (Å²) in [5.74, 6) is 0. The normalized spacial score (nSPS) is 17.0. The van der Waals surface area contributed by atoms with Gasteiger partial charge >= 0.3 is 0 Å². The molecular weight excluding hydrogens is 286 g/mol. The van der Waals surface area contributed by atoms with Crippen LogP contribution in [0.5, 0.6) is 0 Å². The smallest absolute Gasteiger partial charge is 0.250 e. The maximum absolute atomic E-state index is 12.1. The fraction of sp³-hybridized carbons (Fsp3) is 0.500. The third-order valence-corrected chi connectivity index (χ3v) is 5.16. The molecule has 1 saturated carbocycles. The number of nitrogens with one attached hydrogen (secondary N) is 1. The molecule has 1 aliphatic carbocycles. The summed E-state index contributed by atoms with van der Waals surface area (Å²) in [6.07, 6.45) is 8.44. The van der Waals surface area contributed by atoms with E-state index in [0.29, 0.717) is 17.3 Å². The molecule has 0 spiro atoms. The van der Waals surface area contributed by atoms with Crippen molar-refractivity contribution in [2.75, 3.05) is 5.32 Å². The molecule has 1 aliphatic rings. The number of hydrogen-bond donors (Lipinski definition) is 1. The van der Waals surface area contributed by atoms with Crippen LogP contribution >= 0.6 is 0 Å². The van der Waals surface area contributed by atoms with Crippen molar-refractivity contribution in [2.45, 2.75) is 64.8 Å². The van der Waals surface area contributed by atoms with Crippen molar-refractivity contribution in [2.24, 2.45) is 0 Å². The fourth-order valence-corrected chi connectivity index (χ4v) is 3.51. The summed E-state index contributed by atoms with van der Waals surface area (Å²) in [5, 5.41) is 3.40. The highest BCUT2D eigenvalue weighted by molar-refractivity contribution is 5.82. The highest BCUT2D eigenvalue weighted by Crippen LogP contribution is 2.28. The van der Waals surface area contributed by atoms with Crippen molar-refractivity contribution >= 4 is 5.69 Å². The molecule has 23 heavy (non-hydrogen) atoms. The number of hydrogen-bond acceptors (Lipinski definition) is 3. The summed E-state index contributed by atoms with van der Waals surface area (Å²) in [7, 11) is 0. The fourth-order valence-electron chi connectivity index (χ4n) is 3.51. The number of benzene rings is 1.